The van der Waals surface area contributed by atoms with E-state index in [1.165, 1.54) is 10.4 Å². The zero-order valence-electron chi connectivity index (χ0n) is 11.8. The molecule has 0 aliphatic carbocycles. The molecule has 0 fully saturated rings. The SMILES string of the molecule is CC(C)c1ccccc1OCc1cc(C#CCN)cs1. The van der Waals surface area contributed by atoms with Gasteiger partial charge in [-0.1, -0.05) is 43.9 Å². The second-order valence-electron chi connectivity index (χ2n) is 4.79. The molecule has 1 aromatic carbocycles. The third kappa shape index (κ3) is 3.86. The van der Waals surface area contributed by atoms with E-state index in [1.54, 1.807) is 11.3 Å². The molecule has 0 bridgehead atoms. The molecule has 2 aromatic rings. The molecule has 0 amide bonds. The summed E-state index contributed by atoms with van der Waals surface area (Å²) in [6, 6.07) is 10.3. The summed E-state index contributed by atoms with van der Waals surface area (Å²) in [5.41, 5.74) is 7.62. The zero-order chi connectivity index (χ0) is 14.4. The maximum absolute atomic E-state index is 5.94. The van der Waals surface area contributed by atoms with Crippen molar-refractivity contribution >= 4 is 11.3 Å². The Bertz CT molecular complexity index is 619. The van der Waals surface area contributed by atoms with E-state index in [1.807, 2.05) is 23.6 Å². The van der Waals surface area contributed by atoms with Gasteiger partial charge in [0.25, 0.3) is 0 Å². The molecule has 0 atom stereocenters. The van der Waals surface area contributed by atoms with Crippen molar-refractivity contribution in [2.75, 3.05) is 6.54 Å². The summed E-state index contributed by atoms with van der Waals surface area (Å²) in [6.45, 7) is 5.32. The van der Waals surface area contributed by atoms with E-state index in [-0.39, 0.29) is 0 Å². The van der Waals surface area contributed by atoms with Crippen molar-refractivity contribution in [1.82, 2.24) is 0 Å². The van der Waals surface area contributed by atoms with Crippen molar-refractivity contribution in [3.63, 3.8) is 0 Å². The van der Waals surface area contributed by atoms with E-state index in [0.29, 0.717) is 19.1 Å². The van der Waals surface area contributed by atoms with Gasteiger partial charge in [-0.05, 0) is 23.6 Å². The molecule has 0 aliphatic heterocycles. The van der Waals surface area contributed by atoms with Crippen molar-refractivity contribution in [3.8, 4) is 17.6 Å². The van der Waals surface area contributed by atoms with Crippen LogP contribution in [-0.4, -0.2) is 6.54 Å². The zero-order valence-corrected chi connectivity index (χ0v) is 12.7. The van der Waals surface area contributed by atoms with Gasteiger partial charge in [0.2, 0.25) is 0 Å². The fraction of sp³-hybridized carbons (Fsp3) is 0.294. The van der Waals surface area contributed by atoms with E-state index >= 15 is 0 Å². The molecule has 2 nitrogen and oxygen atoms in total. The summed E-state index contributed by atoms with van der Waals surface area (Å²) in [6.07, 6.45) is 0. The molecular weight excluding hydrogens is 266 g/mol. The number of rotatable bonds is 4. The molecule has 1 heterocycles. The number of thiophene rings is 1. The first-order valence-corrected chi connectivity index (χ1v) is 7.56. The van der Waals surface area contributed by atoms with Crippen molar-refractivity contribution in [1.29, 1.82) is 0 Å². The minimum atomic E-state index is 0.392. The van der Waals surface area contributed by atoms with Crippen LogP contribution >= 0.6 is 11.3 Å². The van der Waals surface area contributed by atoms with Crippen LogP contribution in [0, 0.1) is 11.8 Å². The molecule has 0 saturated carbocycles. The monoisotopic (exact) mass is 285 g/mol. The number of para-hydroxylation sites is 1. The molecule has 1 aromatic heterocycles. The predicted molar refractivity (Wildman–Crippen MR) is 85.1 cm³/mol. The summed E-state index contributed by atoms with van der Waals surface area (Å²) in [5.74, 6) is 7.31. The van der Waals surface area contributed by atoms with Gasteiger partial charge < -0.3 is 10.5 Å². The van der Waals surface area contributed by atoms with Gasteiger partial charge >= 0.3 is 0 Å². The lowest BCUT2D eigenvalue weighted by atomic mass is 10.0. The average Bonchev–Trinajstić information content (AvgIpc) is 2.91. The molecule has 0 unspecified atom stereocenters. The maximum Gasteiger partial charge on any atom is 0.123 e. The van der Waals surface area contributed by atoms with E-state index in [4.69, 9.17) is 10.5 Å². The van der Waals surface area contributed by atoms with Crippen LogP contribution < -0.4 is 10.5 Å². The van der Waals surface area contributed by atoms with Gasteiger partial charge in [0.05, 0.1) is 6.54 Å². The van der Waals surface area contributed by atoms with Crippen LogP contribution in [-0.2, 0) is 6.61 Å². The van der Waals surface area contributed by atoms with Gasteiger partial charge in [-0.3, -0.25) is 0 Å². The smallest absolute Gasteiger partial charge is 0.123 e. The Labute approximate surface area is 124 Å². The number of ether oxygens (including phenoxy) is 1. The summed E-state index contributed by atoms with van der Waals surface area (Å²) >= 11 is 1.67. The highest BCUT2D eigenvalue weighted by atomic mass is 32.1. The summed E-state index contributed by atoms with van der Waals surface area (Å²) in [4.78, 5) is 1.17. The maximum atomic E-state index is 5.94. The van der Waals surface area contributed by atoms with Crippen LogP contribution in [0.2, 0.25) is 0 Å². The molecule has 2 rings (SSSR count). The lowest BCUT2D eigenvalue weighted by molar-refractivity contribution is 0.305. The predicted octanol–water partition coefficient (Wildman–Crippen LogP) is 3.76. The largest absolute Gasteiger partial charge is 0.488 e. The van der Waals surface area contributed by atoms with Gasteiger partial charge in [-0.15, -0.1) is 11.3 Å². The molecule has 104 valence electrons. The van der Waals surface area contributed by atoms with Crippen LogP contribution in [0.25, 0.3) is 0 Å². The fourth-order valence-corrected chi connectivity index (χ4v) is 2.64. The van der Waals surface area contributed by atoms with Crippen molar-refractivity contribution < 1.29 is 4.74 Å². The summed E-state index contributed by atoms with van der Waals surface area (Å²) < 4.78 is 5.94. The minimum absolute atomic E-state index is 0.392. The quantitative estimate of drug-likeness (QED) is 0.868. The average molecular weight is 285 g/mol. The van der Waals surface area contributed by atoms with Gasteiger partial charge in [0, 0.05) is 15.8 Å². The van der Waals surface area contributed by atoms with Crippen LogP contribution in [0.3, 0.4) is 0 Å². The number of hydrogen-bond donors (Lipinski definition) is 1. The first-order chi connectivity index (χ1) is 9.70. The molecule has 0 saturated heterocycles. The molecule has 0 aliphatic rings. The van der Waals surface area contributed by atoms with E-state index in [9.17, 15) is 0 Å². The molecule has 3 heteroatoms. The fourth-order valence-electron chi connectivity index (χ4n) is 1.91. The summed E-state index contributed by atoms with van der Waals surface area (Å²) in [5, 5.41) is 2.04. The standard InChI is InChI=1S/C17H19NOS/c1-13(2)16-7-3-4-8-17(16)19-11-15-10-14(12-20-15)6-5-9-18/h3-4,7-8,10,12-13H,9,11,18H2,1-2H3. The van der Waals surface area contributed by atoms with Gasteiger partial charge in [-0.2, -0.15) is 0 Å². The third-order valence-corrected chi connectivity index (χ3v) is 3.81. The Balaban J connectivity index is 2.04. The highest BCUT2D eigenvalue weighted by Gasteiger charge is 2.07. The Morgan fingerprint density at radius 2 is 2.10 bits per heavy atom. The van der Waals surface area contributed by atoms with E-state index < -0.39 is 0 Å². The van der Waals surface area contributed by atoms with Crippen molar-refractivity contribution in [2.24, 2.45) is 5.73 Å². The van der Waals surface area contributed by atoms with Crippen molar-refractivity contribution in [2.45, 2.75) is 26.4 Å². The topological polar surface area (TPSA) is 35.2 Å². The lowest BCUT2D eigenvalue weighted by Crippen LogP contribution is -1.98. The lowest BCUT2D eigenvalue weighted by Gasteiger charge is -2.13. The molecular formula is C17H19NOS. The first-order valence-electron chi connectivity index (χ1n) is 6.68. The highest BCUT2D eigenvalue weighted by Crippen LogP contribution is 2.27. The minimum Gasteiger partial charge on any atom is -0.488 e. The Hall–Kier alpha value is -1.76. The van der Waals surface area contributed by atoms with E-state index in [0.717, 1.165) is 11.3 Å². The number of hydrogen-bond acceptors (Lipinski definition) is 3. The van der Waals surface area contributed by atoms with Crippen LogP contribution in [0.5, 0.6) is 5.75 Å². The second kappa shape index (κ2) is 7.14. The highest BCUT2D eigenvalue weighted by molar-refractivity contribution is 7.10. The normalized spacial score (nSPS) is 10.2. The van der Waals surface area contributed by atoms with Gasteiger partial charge in [-0.25, -0.2) is 0 Å². The molecule has 0 spiro atoms. The Kier molecular flexibility index (Phi) is 5.23. The van der Waals surface area contributed by atoms with Gasteiger partial charge in [0.1, 0.15) is 12.4 Å². The Morgan fingerprint density at radius 1 is 1.30 bits per heavy atom. The molecule has 0 radical (unpaired) electrons. The van der Waals surface area contributed by atoms with Crippen LogP contribution in [0.4, 0.5) is 0 Å². The van der Waals surface area contributed by atoms with Crippen molar-refractivity contribution in [3.05, 3.63) is 51.7 Å². The second-order valence-corrected chi connectivity index (χ2v) is 5.78. The van der Waals surface area contributed by atoms with Crippen LogP contribution in [0.15, 0.2) is 35.7 Å². The Morgan fingerprint density at radius 3 is 2.85 bits per heavy atom. The summed E-state index contributed by atoms with van der Waals surface area (Å²) in [7, 11) is 0. The van der Waals surface area contributed by atoms with E-state index in [2.05, 4.69) is 37.8 Å². The number of benzene rings is 1. The molecule has 20 heavy (non-hydrogen) atoms. The third-order valence-electron chi connectivity index (χ3n) is 2.90. The first kappa shape index (κ1) is 14.6. The number of nitrogens with two attached hydrogens (primary N) is 1. The molecule has 2 N–H and O–H groups in total. The van der Waals surface area contributed by atoms with Crippen LogP contribution in [0.1, 0.15) is 35.8 Å². The van der Waals surface area contributed by atoms with Gasteiger partial charge in [0.15, 0.2) is 0 Å².